The van der Waals surface area contributed by atoms with Crippen molar-refractivity contribution in [3.05, 3.63) is 49.9 Å². The van der Waals surface area contributed by atoms with Gasteiger partial charge in [0.2, 0.25) is 0 Å². The number of fused-ring (bicyclic) bond motifs is 1. The van der Waals surface area contributed by atoms with Crippen molar-refractivity contribution in [2.75, 3.05) is 0 Å². The number of H-pyrrole nitrogens is 1. The maximum atomic E-state index is 6.17. The average molecular weight is 376 g/mol. The zero-order chi connectivity index (χ0) is 13.6. The summed E-state index contributed by atoms with van der Waals surface area (Å²) in [5.74, 6) is 0.641. The Morgan fingerprint density at radius 3 is 2.58 bits per heavy atom. The number of nitrogens with zero attached hydrogens (tertiary/aromatic N) is 1. The molecular weight excluding hydrogens is 370 g/mol. The number of hydrogen-bond acceptors (Lipinski definition) is 1. The monoisotopic (exact) mass is 374 g/mol. The second-order valence-corrected chi connectivity index (χ2v) is 6.16. The molecule has 0 atom stereocenters. The predicted molar refractivity (Wildman–Crippen MR) is 84.3 cm³/mol. The van der Waals surface area contributed by atoms with Crippen molar-refractivity contribution in [3.63, 3.8) is 0 Å². The number of hydrogen-bond donors (Lipinski definition) is 1. The number of benzene rings is 2. The standard InChI is InChI=1S/C13H6BrCl3N2/c14-6-3-10(17)12-11(4-6)18-13(19-12)8-5-7(15)1-2-9(8)16/h1-5H,(H,18,19). The van der Waals surface area contributed by atoms with E-state index in [1.807, 2.05) is 6.07 Å². The third-order valence-corrected chi connectivity index (χ3v) is 4.00. The van der Waals surface area contributed by atoms with Crippen molar-refractivity contribution in [2.45, 2.75) is 0 Å². The molecule has 1 heterocycles. The van der Waals surface area contributed by atoms with E-state index >= 15 is 0 Å². The van der Waals surface area contributed by atoms with Gasteiger partial charge in [0.05, 0.1) is 15.6 Å². The summed E-state index contributed by atoms with van der Waals surface area (Å²) in [6.45, 7) is 0. The van der Waals surface area contributed by atoms with Gasteiger partial charge in [0.15, 0.2) is 0 Å². The van der Waals surface area contributed by atoms with Gasteiger partial charge in [-0.15, -0.1) is 0 Å². The highest BCUT2D eigenvalue weighted by molar-refractivity contribution is 9.10. The van der Waals surface area contributed by atoms with Gasteiger partial charge in [-0.2, -0.15) is 0 Å². The summed E-state index contributed by atoms with van der Waals surface area (Å²) >= 11 is 21.7. The zero-order valence-corrected chi connectivity index (χ0v) is 13.2. The van der Waals surface area contributed by atoms with Crippen molar-refractivity contribution < 1.29 is 0 Å². The number of nitrogens with one attached hydrogen (secondary N) is 1. The summed E-state index contributed by atoms with van der Waals surface area (Å²) in [5.41, 5.74) is 2.29. The Morgan fingerprint density at radius 2 is 1.79 bits per heavy atom. The summed E-state index contributed by atoms with van der Waals surface area (Å²) in [7, 11) is 0. The van der Waals surface area contributed by atoms with Crippen LogP contribution in [0.5, 0.6) is 0 Å². The molecule has 1 N–H and O–H groups in total. The number of halogens is 4. The first kappa shape index (κ1) is 13.3. The van der Waals surface area contributed by atoms with Crippen LogP contribution in [0.1, 0.15) is 0 Å². The Bertz CT molecular complexity index is 783. The normalized spacial score (nSPS) is 11.2. The van der Waals surface area contributed by atoms with Gasteiger partial charge in [0, 0.05) is 15.1 Å². The molecule has 0 bridgehead atoms. The number of rotatable bonds is 1. The van der Waals surface area contributed by atoms with Gasteiger partial charge in [-0.3, -0.25) is 0 Å². The molecule has 2 aromatic carbocycles. The first-order chi connectivity index (χ1) is 9.04. The average Bonchev–Trinajstić information content (AvgIpc) is 2.76. The van der Waals surface area contributed by atoms with Crippen molar-refractivity contribution >= 4 is 61.8 Å². The van der Waals surface area contributed by atoms with E-state index in [0.717, 1.165) is 15.6 Å². The minimum atomic E-state index is 0.574. The quantitative estimate of drug-likeness (QED) is 0.558. The van der Waals surface area contributed by atoms with E-state index in [0.29, 0.717) is 26.4 Å². The van der Waals surface area contributed by atoms with E-state index in [4.69, 9.17) is 34.8 Å². The van der Waals surface area contributed by atoms with Crippen molar-refractivity contribution in [1.29, 1.82) is 0 Å². The van der Waals surface area contributed by atoms with Crippen LogP contribution in [0.25, 0.3) is 22.4 Å². The Labute approximate surface area is 132 Å². The molecule has 0 aliphatic carbocycles. The molecule has 0 spiro atoms. The van der Waals surface area contributed by atoms with Crippen LogP contribution < -0.4 is 0 Å². The molecule has 0 saturated heterocycles. The maximum absolute atomic E-state index is 6.17. The van der Waals surface area contributed by atoms with Crippen LogP contribution in [-0.4, -0.2) is 9.97 Å². The van der Waals surface area contributed by atoms with E-state index < -0.39 is 0 Å². The van der Waals surface area contributed by atoms with E-state index in [2.05, 4.69) is 25.9 Å². The van der Waals surface area contributed by atoms with Crippen LogP contribution in [0.4, 0.5) is 0 Å². The molecule has 2 nitrogen and oxygen atoms in total. The molecule has 0 unspecified atom stereocenters. The van der Waals surface area contributed by atoms with Crippen LogP contribution in [0, 0.1) is 0 Å². The summed E-state index contributed by atoms with van der Waals surface area (Å²) < 4.78 is 0.886. The van der Waals surface area contributed by atoms with E-state index in [1.54, 1.807) is 24.3 Å². The Balaban J connectivity index is 2.26. The van der Waals surface area contributed by atoms with Crippen LogP contribution in [0.15, 0.2) is 34.8 Å². The first-order valence-corrected chi connectivity index (χ1v) is 7.27. The van der Waals surface area contributed by atoms with Gasteiger partial charge in [0.25, 0.3) is 0 Å². The summed E-state index contributed by atoms with van der Waals surface area (Å²) in [5, 5.41) is 1.76. The largest absolute Gasteiger partial charge is 0.338 e. The lowest BCUT2D eigenvalue weighted by Crippen LogP contribution is -1.82. The van der Waals surface area contributed by atoms with Gasteiger partial charge in [-0.05, 0) is 30.3 Å². The molecular formula is C13H6BrCl3N2. The Hall–Kier alpha value is -0.740. The van der Waals surface area contributed by atoms with Gasteiger partial charge >= 0.3 is 0 Å². The molecule has 0 saturated carbocycles. The fourth-order valence-electron chi connectivity index (χ4n) is 1.85. The third-order valence-electron chi connectivity index (χ3n) is 2.69. The predicted octanol–water partition coefficient (Wildman–Crippen LogP) is 5.95. The van der Waals surface area contributed by atoms with E-state index in [9.17, 15) is 0 Å². The van der Waals surface area contributed by atoms with Gasteiger partial charge in [-0.25, -0.2) is 4.98 Å². The first-order valence-electron chi connectivity index (χ1n) is 5.35. The number of imidazole rings is 1. The fourth-order valence-corrected chi connectivity index (χ4v) is 3.08. The molecule has 96 valence electrons. The van der Waals surface area contributed by atoms with E-state index in [-0.39, 0.29) is 0 Å². The van der Waals surface area contributed by atoms with Crippen molar-refractivity contribution in [1.82, 2.24) is 9.97 Å². The second-order valence-electron chi connectivity index (χ2n) is 3.99. The summed E-state index contributed by atoms with van der Waals surface area (Å²) in [4.78, 5) is 7.67. The molecule has 0 aliphatic rings. The lowest BCUT2D eigenvalue weighted by Gasteiger charge is -2.00. The highest BCUT2D eigenvalue weighted by Gasteiger charge is 2.12. The molecule has 3 rings (SSSR count). The van der Waals surface area contributed by atoms with Crippen LogP contribution in [0.2, 0.25) is 15.1 Å². The molecule has 1 aromatic heterocycles. The number of aromatic nitrogens is 2. The minimum Gasteiger partial charge on any atom is -0.338 e. The minimum absolute atomic E-state index is 0.574. The van der Waals surface area contributed by atoms with Crippen molar-refractivity contribution in [3.8, 4) is 11.4 Å². The van der Waals surface area contributed by atoms with Crippen LogP contribution >= 0.6 is 50.7 Å². The van der Waals surface area contributed by atoms with Crippen LogP contribution in [0.3, 0.4) is 0 Å². The highest BCUT2D eigenvalue weighted by Crippen LogP contribution is 2.33. The van der Waals surface area contributed by atoms with Gasteiger partial charge in [0.1, 0.15) is 11.3 Å². The maximum Gasteiger partial charge on any atom is 0.140 e. The molecule has 3 aromatic rings. The molecule has 6 heteroatoms. The van der Waals surface area contributed by atoms with Crippen molar-refractivity contribution in [2.24, 2.45) is 0 Å². The molecule has 0 radical (unpaired) electrons. The number of aromatic amines is 1. The highest BCUT2D eigenvalue weighted by atomic mass is 79.9. The lowest BCUT2D eigenvalue weighted by molar-refractivity contribution is 1.34. The van der Waals surface area contributed by atoms with E-state index in [1.165, 1.54) is 0 Å². The Morgan fingerprint density at radius 1 is 1.00 bits per heavy atom. The second kappa shape index (κ2) is 4.98. The Kier molecular flexibility index (Phi) is 3.48. The van der Waals surface area contributed by atoms with Crippen LogP contribution in [-0.2, 0) is 0 Å². The molecule has 0 amide bonds. The smallest absolute Gasteiger partial charge is 0.140 e. The summed E-state index contributed by atoms with van der Waals surface area (Å²) in [6, 6.07) is 8.96. The lowest BCUT2D eigenvalue weighted by atomic mass is 10.2. The van der Waals surface area contributed by atoms with Gasteiger partial charge < -0.3 is 4.98 Å². The fraction of sp³-hybridized carbons (Fsp3) is 0. The molecule has 19 heavy (non-hydrogen) atoms. The molecule has 0 fully saturated rings. The SMILES string of the molecule is Clc1ccc(Cl)c(-c2nc3c(Cl)cc(Br)cc3[nH]2)c1. The summed E-state index contributed by atoms with van der Waals surface area (Å²) in [6.07, 6.45) is 0. The topological polar surface area (TPSA) is 28.7 Å². The van der Waals surface area contributed by atoms with Gasteiger partial charge in [-0.1, -0.05) is 50.7 Å². The zero-order valence-electron chi connectivity index (χ0n) is 9.35. The third kappa shape index (κ3) is 2.48. The molecule has 0 aliphatic heterocycles.